The molecule has 0 saturated heterocycles. The number of nitrogens with zero attached hydrogens (tertiary/aromatic N) is 4. The lowest BCUT2D eigenvalue weighted by Gasteiger charge is -2.25. The van der Waals surface area contributed by atoms with Crippen LogP contribution in [0, 0.1) is 12.8 Å². The molecule has 0 amide bonds. The van der Waals surface area contributed by atoms with E-state index in [0.717, 1.165) is 29.8 Å². The number of nitrogens with one attached hydrogen (secondary N) is 1. The van der Waals surface area contributed by atoms with Crippen molar-refractivity contribution < 1.29 is 0 Å². The van der Waals surface area contributed by atoms with Crippen molar-refractivity contribution in [3.05, 3.63) is 18.2 Å². The summed E-state index contributed by atoms with van der Waals surface area (Å²) in [6.07, 6.45) is 9.10. The van der Waals surface area contributed by atoms with Crippen LogP contribution in [-0.4, -0.2) is 26.1 Å². The summed E-state index contributed by atoms with van der Waals surface area (Å²) in [5.41, 5.74) is 0.818. The second-order valence-electron chi connectivity index (χ2n) is 4.73. The van der Waals surface area contributed by atoms with Crippen LogP contribution in [-0.2, 0) is 0 Å². The molecule has 0 atom stereocenters. The van der Waals surface area contributed by atoms with Crippen LogP contribution in [0.25, 0.3) is 5.65 Å². The first-order chi connectivity index (χ1) is 8.34. The number of rotatable bonds is 4. The van der Waals surface area contributed by atoms with Crippen molar-refractivity contribution in [1.82, 2.24) is 19.6 Å². The molecule has 0 aromatic carbocycles. The van der Waals surface area contributed by atoms with Gasteiger partial charge in [-0.1, -0.05) is 19.3 Å². The average molecular weight is 231 g/mol. The van der Waals surface area contributed by atoms with Crippen LogP contribution in [0.1, 0.15) is 31.5 Å². The lowest BCUT2D eigenvalue weighted by molar-refractivity contribution is 0.303. The maximum atomic E-state index is 4.33. The van der Waals surface area contributed by atoms with Gasteiger partial charge in [-0.25, -0.2) is 4.98 Å². The summed E-state index contributed by atoms with van der Waals surface area (Å²) in [6.45, 7) is 2.92. The summed E-state index contributed by atoms with van der Waals surface area (Å²) in [4.78, 5) is 4.33. The number of hydrogen-bond donors (Lipinski definition) is 1. The van der Waals surface area contributed by atoms with Crippen molar-refractivity contribution in [3.8, 4) is 0 Å². The third-order valence-corrected chi connectivity index (χ3v) is 3.57. The van der Waals surface area contributed by atoms with Gasteiger partial charge in [0.05, 0.1) is 0 Å². The van der Waals surface area contributed by atoms with E-state index < -0.39 is 0 Å². The molecule has 0 radical (unpaired) electrons. The first-order valence-electron chi connectivity index (χ1n) is 6.25. The van der Waals surface area contributed by atoms with Crippen LogP contribution >= 0.6 is 0 Å². The van der Waals surface area contributed by atoms with Gasteiger partial charge < -0.3 is 5.32 Å². The zero-order valence-electron chi connectivity index (χ0n) is 10.1. The van der Waals surface area contributed by atoms with Crippen molar-refractivity contribution in [2.75, 3.05) is 11.9 Å². The van der Waals surface area contributed by atoms with E-state index in [1.54, 1.807) is 6.20 Å². The molecule has 3 rings (SSSR count). The zero-order valence-corrected chi connectivity index (χ0v) is 10.1. The number of hydrogen-bond acceptors (Lipinski definition) is 4. The van der Waals surface area contributed by atoms with E-state index in [4.69, 9.17) is 0 Å². The molecule has 2 heterocycles. The molecule has 2 aromatic rings. The van der Waals surface area contributed by atoms with Gasteiger partial charge in [-0.3, -0.25) is 4.40 Å². The van der Waals surface area contributed by atoms with Crippen molar-refractivity contribution >= 4 is 11.5 Å². The summed E-state index contributed by atoms with van der Waals surface area (Å²) in [5.74, 6) is 2.65. The zero-order chi connectivity index (χ0) is 11.7. The van der Waals surface area contributed by atoms with Crippen molar-refractivity contribution in [2.45, 2.75) is 32.6 Å². The second-order valence-corrected chi connectivity index (χ2v) is 4.73. The van der Waals surface area contributed by atoms with Gasteiger partial charge in [0.1, 0.15) is 5.82 Å². The highest BCUT2D eigenvalue weighted by molar-refractivity contribution is 5.61. The van der Waals surface area contributed by atoms with E-state index in [1.807, 2.05) is 17.5 Å². The summed E-state index contributed by atoms with van der Waals surface area (Å²) in [6, 6.07) is 0. The molecule has 5 nitrogen and oxygen atoms in total. The van der Waals surface area contributed by atoms with E-state index in [1.165, 1.54) is 25.7 Å². The fraction of sp³-hybridized carbons (Fsp3) is 0.583. The Labute approximate surface area is 100 Å². The van der Waals surface area contributed by atoms with E-state index in [0.29, 0.717) is 0 Å². The Kier molecular flexibility index (Phi) is 2.66. The number of fused-ring (bicyclic) bond motifs is 1. The largest absolute Gasteiger partial charge is 0.367 e. The van der Waals surface area contributed by atoms with Gasteiger partial charge in [0.15, 0.2) is 5.82 Å². The molecule has 1 N–H and O–H groups in total. The Balaban J connectivity index is 1.71. The lowest BCUT2D eigenvalue weighted by Crippen LogP contribution is -2.16. The molecule has 90 valence electrons. The van der Waals surface area contributed by atoms with Crippen LogP contribution in [0.5, 0.6) is 0 Å². The quantitative estimate of drug-likeness (QED) is 0.874. The molecule has 17 heavy (non-hydrogen) atoms. The standard InChI is InChI=1S/C12H17N5/c1-9-15-16-12-11(14-7-8-17(9)12)13-6-5-10-3-2-4-10/h7-8,10H,2-6H2,1H3,(H,13,14). The van der Waals surface area contributed by atoms with Crippen LogP contribution in [0.15, 0.2) is 12.4 Å². The predicted molar refractivity (Wildman–Crippen MR) is 66.0 cm³/mol. The number of anilines is 1. The molecule has 2 aromatic heterocycles. The van der Waals surface area contributed by atoms with E-state index in [-0.39, 0.29) is 0 Å². The van der Waals surface area contributed by atoms with Crippen molar-refractivity contribution in [3.63, 3.8) is 0 Å². The first kappa shape index (κ1) is 10.5. The predicted octanol–water partition coefficient (Wildman–Crippen LogP) is 2.03. The minimum Gasteiger partial charge on any atom is -0.367 e. The monoisotopic (exact) mass is 231 g/mol. The van der Waals surface area contributed by atoms with Crippen LogP contribution in [0.3, 0.4) is 0 Å². The molecule has 1 saturated carbocycles. The second kappa shape index (κ2) is 4.31. The summed E-state index contributed by atoms with van der Waals surface area (Å²) in [7, 11) is 0. The molecular weight excluding hydrogens is 214 g/mol. The minimum atomic E-state index is 0.818. The molecule has 0 unspecified atom stereocenters. The fourth-order valence-electron chi connectivity index (χ4n) is 2.24. The van der Waals surface area contributed by atoms with E-state index in [9.17, 15) is 0 Å². The van der Waals surface area contributed by atoms with Gasteiger partial charge in [0, 0.05) is 18.9 Å². The molecule has 1 aliphatic carbocycles. The highest BCUT2D eigenvalue weighted by Gasteiger charge is 2.16. The van der Waals surface area contributed by atoms with Crippen LogP contribution in [0.2, 0.25) is 0 Å². The van der Waals surface area contributed by atoms with Gasteiger partial charge in [-0.05, 0) is 19.3 Å². The third-order valence-electron chi connectivity index (χ3n) is 3.57. The Morgan fingerprint density at radius 1 is 1.41 bits per heavy atom. The normalized spacial score (nSPS) is 16.1. The minimum absolute atomic E-state index is 0.818. The van der Waals surface area contributed by atoms with E-state index >= 15 is 0 Å². The van der Waals surface area contributed by atoms with Gasteiger partial charge in [0.25, 0.3) is 0 Å². The molecule has 1 aliphatic rings. The van der Waals surface area contributed by atoms with Gasteiger partial charge >= 0.3 is 0 Å². The van der Waals surface area contributed by atoms with Crippen molar-refractivity contribution in [1.29, 1.82) is 0 Å². The smallest absolute Gasteiger partial charge is 0.203 e. The molecule has 0 aliphatic heterocycles. The SMILES string of the molecule is Cc1nnc2c(NCCC3CCC3)nccn12. The average Bonchev–Trinajstić information content (AvgIpc) is 2.65. The molecular formula is C12H17N5. The third kappa shape index (κ3) is 1.97. The summed E-state index contributed by atoms with van der Waals surface area (Å²) < 4.78 is 1.96. The highest BCUT2D eigenvalue weighted by Crippen LogP contribution is 2.29. The summed E-state index contributed by atoms with van der Waals surface area (Å²) in [5, 5.41) is 11.6. The lowest BCUT2D eigenvalue weighted by atomic mass is 9.83. The Bertz CT molecular complexity index is 515. The fourth-order valence-corrected chi connectivity index (χ4v) is 2.24. The molecule has 0 bridgehead atoms. The molecule has 0 spiro atoms. The maximum absolute atomic E-state index is 4.33. The van der Waals surface area contributed by atoms with Gasteiger partial charge in [-0.2, -0.15) is 0 Å². The Morgan fingerprint density at radius 2 is 2.29 bits per heavy atom. The number of aryl methyl sites for hydroxylation is 1. The molecule has 1 fully saturated rings. The number of aromatic nitrogens is 4. The van der Waals surface area contributed by atoms with Crippen molar-refractivity contribution in [2.24, 2.45) is 5.92 Å². The van der Waals surface area contributed by atoms with Crippen LogP contribution in [0.4, 0.5) is 5.82 Å². The topological polar surface area (TPSA) is 55.1 Å². The maximum Gasteiger partial charge on any atom is 0.203 e. The van der Waals surface area contributed by atoms with E-state index in [2.05, 4.69) is 20.5 Å². The first-order valence-corrected chi connectivity index (χ1v) is 6.25. The van der Waals surface area contributed by atoms with Crippen LogP contribution < -0.4 is 5.32 Å². The molecule has 5 heteroatoms. The highest BCUT2D eigenvalue weighted by atomic mass is 15.3. The Morgan fingerprint density at radius 3 is 3.06 bits per heavy atom. The summed E-state index contributed by atoms with van der Waals surface area (Å²) >= 11 is 0. The van der Waals surface area contributed by atoms with Gasteiger partial charge in [0.2, 0.25) is 5.65 Å². The van der Waals surface area contributed by atoms with Gasteiger partial charge in [-0.15, -0.1) is 10.2 Å². The Hall–Kier alpha value is -1.65.